The SMILES string of the molecule is CCOc1cc(/C=C2\C(=O)NC(=O)N(c3ccc(OCc4ccc(C)cc4)cc3)C2=O)ccc1OCc1ccc(Br)cc1. The Labute approximate surface area is 258 Å². The fraction of sp³-hybridized carbons (Fsp3) is 0.147. The number of carbonyl (C=O) groups is 3. The molecule has 0 aromatic heterocycles. The minimum absolute atomic E-state index is 0.190. The highest BCUT2D eigenvalue weighted by Gasteiger charge is 2.36. The van der Waals surface area contributed by atoms with Crippen molar-refractivity contribution in [3.8, 4) is 17.2 Å². The average Bonchev–Trinajstić information content (AvgIpc) is 3.00. The third-order valence-electron chi connectivity index (χ3n) is 6.61. The van der Waals surface area contributed by atoms with Crippen LogP contribution in [0.4, 0.5) is 10.5 Å². The van der Waals surface area contributed by atoms with Gasteiger partial charge in [-0.2, -0.15) is 0 Å². The molecule has 4 amide bonds. The van der Waals surface area contributed by atoms with Gasteiger partial charge in [0.15, 0.2) is 11.5 Å². The first-order chi connectivity index (χ1) is 20.8. The number of benzene rings is 4. The van der Waals surface area contributed by atoms with Crippen LogP contribution in [-0.2, 0) is 22.8 Å². The van der Waals surface area contributed by atoms with Crippen LogP contribution >= 0.6 is 15.9 Å². The van der Waals surface area contributed by atoms with Crippen LogP contribution in [0.2, 0.25) is 0 Å². The summed E-state index contributed by atoms with van der Waals surface area (Å²) >= 11 is 3.42. The molecule has 1 aliphatic rings. The molecule has 1 fully saturated rings. The van der Waals surface area contributed by atoms with Gasteiger partial charge in [0.05, 0.1) is 12.3 Å². The van der Waals surface area contributed by atoms with Gasteiger partial charge in [0, 0.05) is 4.47 Å². The largest absolute Gasteiger partial charge is 0.490 e. The van der Waals surface area contributed by atoms with E-state index in [1.165, 1.54) is 6.08 Å². The topological polar surface area (TPSA) is 94.2 Å². The maximum absolute atomic E-state index is 13.4. The van der Waals surface area contributed by atoms with Crippen molar-refractivity contribution in [3.05, 3.63) is 123 Å². The van der Waals surface area contributed by atoms with Crippen molar-refractivity contribution in [2.45, 2.75) is 27.1 Å². The summed E-state index contributed by atoms with van der Waals surface area (Å²) in [7, 11) is 0. The number of nitrogens with one attached hydrogen (secondary N) is 1. The zero-order valence-corrected chi connectivity index (χ0v) is 25.2. The van der Waals surface area contributed by atoms with E-state index in [0.29, 0.717) is 48.3 Å². The van der Waals surface area contributed by atoms with Crippen molar-refractivity contribution in [2.75, 3.05) is 11.5 Å². The Morgan fingerprint density at radius 2 is 1.42 bits per heavy atom. The molecule has 4 aromatic rings. The molecule has 0 atom stereocenters. The van der Waals surface area contributed by atoms with Crippen molar-refractivity contribution in [3.63, 3.8) is 0 Å². The molecule has 0 unspecified atom stereocenters. The highest BCUT2D eigenvalue weighted by molar-refractivity contribution is 9.10. The number of imide groups is 2. The summed E-state index contributed by atoms with van der Waals surface area (Å²) in [5, 5.41) is 2.26. The molecule has 1 heterocycles. The number of carbonyl (C=O) groups excluding carboxylic acids is 3. The molecular formula is C34H29BrN2O6. The van der Waals surface area contributed by atoms with E-state index < -0.39 is 17.8 Å². The monoisotopic (exact) mass is 640 g/mol. The lowest BCUT2D eigenvalue weighted by Crippen LogP contribution is -2.54. The molecule has 43 heavy (non-hydrogen) atoms. The number of hydrogen-bond donors (Lipinski definition) is 1. The molecule has 0 bridgehead atoms. The summed E-state index contributed by atoms with van der Waals surface area (Å²) in [5.41, 5.74) is 3.81. The average molecular weight is 642 g/mol. The summed E-state index contributed by atoms with van der Waals surface area (Å²) in [6.07, 6.45) is 1.43. The first-order valence-electron chi connectivity index (χ1n) is 13.6. The number of rotatable bonds is 10. The van der Waals surface area contributed by atoms with Gasteiger partial charge in [-0.15, -0.1) is 0 Å². The number of ether oxygens (including phenoxy) is 3. The number of barbiturate groups is 1. The molecule has 5 rings (SSSR count). The van der Waals surface area contributed by atoms with Gasteiger partial charge in [-0.25, -0.2) is 9.69 Å². The van der Waals surface area contributed by atoms with Gasteiger partial charge in [0.2, 0.25) is 0 Å². The number of nitrogens with zero attached hydrogens (tertiary/aromatic N) is 1. The molecule has 0 radical (unpaired) electrons. The maximum Gasteiger partial charge on any atom is 0.335 e. The van der Waals surface area contributed by atoms with E-state index in [2.05, 4.69) is 21.2 Å². The van der Waals surface area contributed by atoms with E-state index in [1.807, 2.05) is 62.4 Å². The summed E-state index contributed by atoms with van der Waals surface area (Å²) in [6, 6.07) is 26.6. The van der Waals surface area contributed by atoms with Crippen molar-refractivity contribution in [1.29, 1.82) is 0 Å². The lowest BCUT2D eigenvalue weighted by Gasteiger charge is -2.26. The second kappa shape index (κ2) is 13.4. The van der Waals surface area contributed by atoms with Gasteiger partial charge >= 0.3 is 6.03 Å². The van der Waals surface area contributed by atoms with E-state index in [-0.39, 0.29) is 5.57 Å². The minimum atomic E-state index is -0.827. The van der Waals surface area contributed by atoms with Gasteiger partial charge in [-0.05, 0) is 85.1 Å². The van der Waals surface area contributed by atoms with Crippen molar-refractivity contribution < 1.29 is 28.6 Å². The van der Waals surface area contributed by atoms with Crippen LogP contribution in [0.5, 0.6) is 17.2 Å². The van der Waals surface area contributed by atoms with Gasteiger partial charge in [0.1, 0.15) is 24.5 Å². The smallest absolute Gasteiger partial charge is 0.335 e. The fourth-order valence-corrected chi connectivity index (χ4v) is 4.61. The predicted molar refractivity (Wildman–Crippen MR) is 167 cm³/mol. The predicted octanol–water partition coefficient (Wildman–Crippen LogP) is 6.98. The van der Waals surface area contributed by atoms with Crippen molar-refractivity contribution >= 4 is 45.5 Å². The van der Waals surface area contributed by atoms with E-state index in [1.54, 1.807) is 42.5 Å². The number of anilines is 1. The molecule has 0 spiro atoms. The Balaban J connectivity index is 1.32. The second-order valence-electron chi connectivity index (χ2n) is 9.78. The van der Waals surface area contributed by atoms with Gasteiger partial charge in [0.25, 0.3) is 11.8 Å². The molecule has 0 saturated carbocycles. The van der Waals surface area contributed by atoms with Crippen LogP contribution in [0.25, 0.3) is 6.08 Å². The van der Waals surface area contributed by atoms with Gasteiger partial charge < -0.3 is 14.2 Å². The highest BCUT2D eigenvalue weighted by Crippen LogP contribution is 2.31. The van der Waals surface area contributed by atoms with Crippen LogP contribution in [0.1, 0.15) is 29.2 Å². The lowest BCUT2D eigenvalue weighted by molar-refractivity contribution is -0.122. The number of urea groups is 1. The van der Waals surface area contributed by atoms with Crippen LogP contribution in [0.3, 0.4) is 0 Å². The van der Waals surface area contributed by atoms with Gasteiger partial charge in [-0.1, -0.05) is 64.0 Å². The van der Waals surface area contributed by atoms with Crippen LogP contribution < -0.4 is 24.4 Å². The molecule has 1 aliphatic heterocycles. The van der Waals surface area contributed by atoms with Crippen LogP contribution in [-0.4, -0.2) is 24.5 Å². The van der Waals surface area contributed by atoms with Crippen LogP contribution in [0, 0.1) is 6.92 Å². The Morgan fingerprint density at radius 1 is 0.767 bits per heavy atom. The summed E-state index contributed by atoms with van der Waals surface area (Å²) in [6.45, 7) is 4.97. The second-order valence-corrected chi connectivity index (χ2v) is 10.7. The van der Waals surface area contributed by atoms with E-state index >= 15 is 0 Å². The zero-order valence-electron chi connectivity index (χ0n) is 23.6. The molecule has 8 nitrogen and oxygen atoms in total. The van der Waals surface area contributed by atoms with E-state index in [9.17, 15) is 14.4 Å². The zero-order chi connectivity index (χ0) is 30.3. The molecule has 0 aliphatic carbocycles. The standard InChI is InChI=1S/C34H29BrN2O6/c1-3-41-31-19-25(10-17-30(31)43-21-24-8-11-26(35)12-9-24)18-29-32(38)36-34(40)37(33(29)39)27-13-15-28(16-14-27)42-20-23-6-4-22(2)5-7-23/h4-19H,3,20-21H2,1-2H3,(H,36,38,40)/b29-18+. The summed E-state index contributed by atoms with van der Waals surface area (Å²) in [5.74, 6) is 0.0416. The molecule has 1 saturated heterocycles. The number of amides is 4. The quantitative estimate of drug-likeness (QED) is 0.148. The Bertz CT molecular complexity index is 1670. The Morgan fingerprint density at radius 3 is 2.09 bits per heavy atom. The highest BCUT2D eigenvalue weighted by atomic mass is 79.9. The Hall–Kier alpha value is -4.89. The fourth-order valence-electron chi connectivity index (χ4n) is 4.34. The van der Waals surface area contributed by atoms with E-state index in [4.69, 9.17) is 14.2 Å². The minimum Gasteiger partial charge on any atom is -0.490 e. The maximum atomic E-state index is 13.4. The number of aryl methyl sites for hydroxylation is 1. The molecule has 4 aromatic carbocycles. The van der Waals surface area contributed by atoms with Crippen LogP contribution in [0.15, 0.2) is 101 Å². The normalized spacial score (nSPS) is 14.1. The molecule has 1 N–H and O–H groups in total. The lowest BCUT2D eigenvalue weighted by atomic mass is 10.1. The third-order valence-corrected chi connectivity index (χ3v) is 7.14. The Kier molecular flexibility index (Phi) is 9.22. The van der Waals surface area contributed by atoms with Crippen molar-refractivity contribution in [2.24, 2.45) is 0 Å². The van der Waals surface area contributed by atoms with E-state index in [0.717, 1.165) is 26.1 Å². The van der Waals surface area contributed by atoms with Crippen molar-refractivity contribution in [1.82, 2.24) is 5.32 Å². The summed E-state index contributed by atoms with van der Waals surface area (Å²) < 4.78 is 18.6. The first kappa shape index (κ1) is 29.6. The molecule has 9 heteroatoms. The number of hydrogen-bond acceptors (Lipinski definition) is 6. The summed E-state index contributed by atoms with van der Waals surface area (Å²) in [4.78, 5) is 39.8. The third kappa shape index (κ3) is 7.31. The molecule has 218 valence electrons. The van der Waals surface area contributed by atoms with Gasteiger partial charge in [-0.3, -0.25) is 14.9 Å². The molecular weight excluding hydrogens is 612 g/mol. The first-order valence-corrected chi connectivity index (χ1v) is 14.4. The number of halogens is 1.